The fourth-order valence-electron chi connectivity index (χ4n) is 9.07. The van der Waals surface area contributed by atoms with Crippen LogP contribution in [0.5, 0.6) is 0 Å². The lowest BCUT2D eigenvalue weighted by molar-refractivity contribution is 0.773. The van der Waals surface area contributed by atoms with Gasteiger partial charge in [-0.15, -0.1) is 22.7 Å². The van der Waals surface area contributed by atoms with E-state index in [1.54, 1.807) is 22.7 Å². The molecule has 7 aromatic carbocycles. The molecule has 1 aliphatic carbocycles. The standard InChI is InChI=1S/C47H32N2S2Si/c1-52(2)43-21-11-5-15-36(43)47(37-16-6-12-22-44(37)52)35-14-4-3-13-33(35)34-24-23-29(28-38(34)47)30-25-31(45-48-39-17-7-9-19-41(39)50-45)27-32(26-30)46-49-40-18-8-10-20-42(40)51-46/h3-28H,1-2H3. The van der Waals surface area contributed by atoms with E-state index >= 15 is 0 Å². The van der Waals surface area contributed by atoms with Crippen molar-refractivity contribution in [1.82, 2.24) is 9.97 Å². The molecule has 11 rings (SSSR count). The molecule has 0 fully saturated rings. The van der Waals surface area contributed by atoms with Gasteiger partial charge in [-0.2, -0.15) is 0 Å². The Bertz CT molecular complexity index is 2710. The number of nitrogens with zero attached hydrogens (tertiary/aromatic N) is 2. The van der Waals surface area contributed by atoms with E-state index in [1.807, 2.05) is 0 Å². The van der Waals surface area contributed by atoms with Gasteiger partial charge in [0.15, 0.2) is 0 Å². The van der Waals surface area contributed by atoms with Crippen LogP contribution in [0.15, 0.2) is 158 Å². The maximum absolute atomic E-state index is 5.12. The van der Waals surface area contributed by atoms with Crippen molar-refractivity contribution in [1.29, 1.82) is 0 Å². The summed E-state index contributed by atoms with van der Waals surface area (Å²) < 4.78 is 2.39. The summed E-state index contributed by atoms with van der Waals surface area (Å²) in [6.45, 7) is 5.04. The normalized spacial score (nSPS) is 14.7. The van der Waals surface area contributed by atoms with Gasteiger partial charge in [0.25, 0.3) is 0 Å². The molecule has 52 heavy (non-hydrogen) atoms. The molecular formula is C47H32N2S2Si. The van der Waals surface area contributed by atoms with E-state index in [-0.39, 0.29) is 0 Å². The molecule has 0 atom stereocenters. The maximum Gasteiger partial charge on any atom is 0.124 e. The number of para-hydroxylation sites is 2. The van der Waals surface area contributed by atoms with Gasteiger partial charge in [-0.05, 0) is 103 Å². The van der Waals surface area contributed by atoms with Gasteiger partial charge >= 0.3 is 0 Å². The third-order valence-electron chi connectivity index (χ3n) is 11.4. The molecule has 3 heterocycles. The fraction of sp³-hybridized carbons (Fsp3) is 0.0638. The molecule has 1 spiro atoms. The molecule has 1 aliphatic heterocycles. The van der Waals surface area contributed by atoms with E-state index < -0.39 is 13.5 Å². The molecule has 0 N–H and O–H groups in total. The van der Waals surface area contributed by atoms with Crippen molar-refractivity contribution in [3.8, 4) is 43.4 Å². The van der Waals surface area contributed by atoms with Crippen LogP contribution >= 0.6 is 22.7 Å². The van der Waals surface area contributed by atoms with Crippen LogP contribution in [0.2, 0.25) is 13.1 Å². The lowest BCUT2D eigenvalue weighted by Crippen LogP contribution is -2.63. The highest BCUT2D eigenvalue weighted by Crippen LogP contribution is 2.57. The quantitative estimate of drug-likeness (QED) is 0.170. The summed E-state index contributed by atoms with van der Waals surface area (Å²) in [5.41, 5.74) is 14.5. The second-order valence-electron chi connectivity index (χ2n) is 14.5. The minimum absolute atomic E-state index is 0.405. The van der Waals surface area contributed by atoms with Gasteiger partial charge in [0.2, 0.25) is 0 Å². The monoisotopic (exact) mass is 716 g/mol. The molecule has 0 amide bonds. The van der Waals surface area contributed by atoms with E-state index in [9.17, 15) is 0 Å². The highest BCUT2D eigenvalue weighted by molar-refractivity contribution is 7.22. The molecule has 0 saturated carbocycles. The second-order valence-corrected chi connectivity index (χ2v) is 20.9. The topological polar surface area (TPSA) is 25.8 Å². The van der Waals surface area contributed by atoms with E-state index in [2.05, 4.69) is 171 Å². The number of rotatable bonds is 3. The van der Waals surface area contributed by atoms with Crippen molar-refractivity contribution >= 4 is 61.6 Å². The Morgan fingerprint density at radius 2 is 0.904 bits per heavy atom. The predicted octanol–water partition coefficient (Wildman–Crippen LogP) is 11.4. The first kappa shape index (κ1) is 30.2. The minimum Gasteiger partial charge on any atom is -0.236 e. The highest BCUT2D eigenvalue weighted by atomic mass is 32.1. The summed E-state index contributed by atoms with van der Waals surface area (Å²) in [6.07, 6.45) is 0. The predicted molar refractivity (Wildman–Crippen MR) is 223 cm³/mol. The summed E-state index contributed by atoms with van der Waals surface area (Å²) >= 11 is 3.51. The third-order valence-corrected chi connectivity index (χ3v) is 17.1. The van der Waals surface area contributed by atoms with E-state index in [4.69, 9.17) is 9.97 Å². The van der Waals surface area contributed by atoms with E-state index in [0.29, 0.717) is 0 Å². The molecule has 9 aromatic rings. The van der Waals surface area contributed by atoms with Crippen molar-refractivity contribution in [2.45, 2.75) is 18.5 Å². The summed E-state index contributed by atoms with van der Waals surface area (Å²) in [7, 11) is -1.98. The SMILES string of the molecule is C[Si]1(C)c2ccccc2C2(c3ccccc3-c3ccc(-c4cc(-c5nc6ccccc6s5)cc(-c5nc6ccccc6s5)c4)cc32)c2ccccc21. The van der Waals surface area contributed by atoms with Crippen LogP contribution in [0.4, 0.5) is 0 Å². The third kappa shape index (κ3) is 4.16. The molecule has 0 unspecified atom stereocenters. The smallest absolute Gasteiger partial charge is 0.124 e. The van der Waals surface area contributed by atoms with E-state index in [0.717, 1.165) is 32.2 Å². The lowest BCUT2D eigenvalue weighted by Gasteiger charge is -2.46. The van der Waals surface area contributed by atoms with Crippen molar-refractivity contribution in [3.05, 3.63) is 180 Å². The van der Waals surface area contributed by atoms with Gasteiger partial charge in [-0.25, -0.2) is 9.97 Å². The number of thiazole rings is 2. The molecular weight excluding hydrogens is 685 g/mol. The van der Waals surface area contributed by atoms with Crippen LogP contribution in [-0.2, 0) is 5.41 Å². The largest absolute Gasteiger partial charge is 0.236 e. The Morgan fingerprint density at radius 1 is 0.423 bits per heavy atom. The highest BCUT2D eigenvalue weighted by Gasteiger charge is 2.53. The van der Waals surface area contributed by atoms with Crippen molar-refractivity contribution in [2.24, 2.45) is 0 Å². The molecule has 246 valence electrons. The lowest BCUT2D eigenvalue weighted by atomic mass is 9.67. The number of hydrogen-bond donors (Lipinski definition) is 0. The average Bonchev–Trinajstić information content (AvgIpc) is 3.90. The average molecular weight is 717 g/mol. The first-order valence-electron chi connectivity index (χ1n) is 17.8. The number of aromatic nitrogens is 2. The number of hydrogen-bond acceptors (Lipinski definition) is 4. The summed E-state index contributed by atoms with van der Waals surface area (Å²) in [6, 6.07) is 58.8. The molecule has 0 saturated heterocycles. The van der Waals surface area contributed by atoms with Crippen molar-refractivity contribution in [3.63, 3.8) is 0 Å². The van der Waals surface area contributed by atoms with Gasteiger partial charge in [0.05, 0.1) is 25.8 Å². The van der Waals surface area contributed by atoms with Crippen LogP contribution in [0.25, 0.3) is 63.8 Å². The Labute approximate surface area is 311 Å². The first-order valence-corrected chi connectivity index (χ1v) is 22.5. The Balaban J connectivity index is 1.19. The Hall–Kier alpha value is -5.46. The van der Waals surface area contributed by atoms with Gasteiger partial charge in [-0.3, -0.25) is 0 Å². The van der Waals surface area contributed by atoms with Crippen LogP contribution in [0, 0.1) is 0 Å². The Morgan fingerprint density at radius 3 is 1.50 bits per heavy atom. The van der Waals surface area contributed by atoms with Gasteiger partial charge < -0.3 is 0 Å². The van der Waals surface area contributed by atoms with Crippen molar-refractivity contribution in [2.75, 3.05) is 0 Å². The van der Waals surface area contributed by atoms with Crippen LogP contribution in [0.1, 0.15) is 22.3 Å². The van der Waals surface area contributed by atoms with Gasteiger partial charge in [-0.1, -0.05) is 122 Å². The minimum atomic E-state index is -1.98. The van der Waals surface area contributed by atoms with Crippen LogP contribution in [0.3, 0.4) is 0 Å². The zero-order valence-corrected chi connectivity index (χ0v) is 31.4. The van der Waals surface area contributed by atoms with Gasteiger partial charge in [0.1, 0.15) is 18.1 Å². The summed E-state index contributed by atoms with van der Waals surface area (Å²) in [5, 5.41) is 5.10. The van der Waals surface area contributed by atoms with Crippen LogP contribution in [-0.4, -0.2) is 18.0 Å². The molecule has 2 aromatic heterocycles. The maximum atomic E-state index is 5.12. The summed E-state index contributed by atoms with van der Waals surface area (Å²) in [5.74, 6) is 0. The molecule has 2 nitrogen and oxygen atoms in total. The second kappa shape index (κ2) is 11.0. The van der Waals surface area contributed by atoms with Gasteiger partial charge in [0, 0.05) is 11.1 Å². The zero-order valence-electron chi connectivity index (χ0n) is 28.7. The first-order chi connectivity index (χ1) is 25.5. The molecule has 5 heteroatoms. The van der Waals surface area contributed by atoms with Crippen molar-refractivity contribution < 1.29 is 0 Å². The summed E-state index contributed by atoms with van der Waals surface area (Å²) in [4.78, 5) is 10.2. The number of benzene rings is 7. The Kier molecular flexibility index (Phi) is 6.40. The fourth-order valence-corrected chi connectivity index (χ4v) is 14.2. The zero-order chi connectivity index (χ0) is 34.6. The molecule has 2 aliphatic rings. The number of fused-ring (bicyclic) bond motifs is 11. The molecule has 0 radical (unpaired) electrons. The molecule has 0 bridgehead atoms. The van der Waals surface area contributed by atoms with Crippen LogP contribution < -0.4 is 10.4 Å². The van der Waals surface area contributed by atoms with E-state index in [1.165, 1.54) is 64.3 Å².